The van der Waals surface area contributed by atoms with Crippen molar-refractivity contribution in [2.24, 2.45) is 0 Å². The van der Waals surface area contributed by atoms with Crippen molar-refractivity contribution in [2.45, 2.75) is 33.2 Å². The Kier molecular flexibility index (Phi) is 10.5. The van der Waals surface area contributed by atoms with Gasteiger partial charge in [0.05, 0.1) is 23.2 Å². The van der Waals surface area contributed by atoms with Crippen molar-refractivity contribution in [1.29, 1.82) is 0 Å². The van der Waals surface area contributed by atoms with E-state index in [0.29, 0.717) is 52.7 Å². The minimum Gasteiger partial charge on any atom is -0.383 e. The van der Waals surface area contributed by atoms with Crippen LogP contribution in [0.1, 0.15) is 42.2 Å². The van der Waals surface area contributed by atoms with Gasteiger partial charge in [0.15, 0.2) is 0 Å². The molecule has 0 atom stereocenters. The topological polar surface area (TPSA) is 74.8 Å². The fourth-order valence-electron chi connectivity index (χ4n) is 2.89. The van der Waals surface area contributed by atoms with Gasteiger partial charge in [-0.1, -0.05) is 37.0 Å². The largest absolute Gasteiger partial charge is 0.383 e. The highest BCUT2D eigenvalue weighted by Crippen LogP contribution is 2.25. The molecular formula is C21H28Cl2N4O3S. The van der Waals surface area contributed by atoms with Crippen LogP contribution in [0.3, 0.4) is 0 Å². The molecule has 0 aliphatic heterocycles. The molecule has 0 radical (unpaired) electrons. The van der Waals surface area contributed by atoms with E-state index in [1.807, 2.05) is 18.7 Å². The number of carbonyl (C=O) groups excluding carboxylic acids is 2. The van der Waals surface area contributed by atoms with Crippen LogP contribution < -0.4 is 5.32 Å². The maximum Gasteiger partial charge on any atom is 0.322 e. The van der Waals surface area contributed by atoms with Gasteiger partial charge in [0, 0.05) is 37.8 Å². The maximum absolute atomic E-state index is 12.8. The molecule has 0 bridgehead atoms. The van der Waals surface area contributed by atoms with Crippen LogP contribution in [0, 0.1) is 0 Å². The molecule has 3 amide bonds. The number of thiazole rings is 1. The van der Waals surface area contributed by atoms with Crippen LogP contribution in [0.5, 0.6) is 0 Å². The summed E-state index contributed by atoms with van der Waals surface area (Å²) in [6, 6.07) is 4.57. The van der Waals surface area contributed by atoms with Gasteiger partial charge in [-0.05, 0) is 31.0 Å². The monoisotopic (exact) mass is 486 g/mol. The first-order chi connectivity index (χ1) is 14.9. The molecule has 0 aliphatic rings. The SMILES string of the molecule is CCCN(CCC)C(=O)c1csc(CN(CCOC)C(=O)Nc2ccc(Cl)c(Cl)c2)n1. The number of amides is 3. The Hall–Kier alpha value is -1.87. The van der Waals surface area contributed by atoms with Gasteiger partial charge >= 0.3 is 6.03 Å². The predicted octanol–water partition coefficient (Wildman–Crippen LogP) is 5.39. The van der Waals surface area contributed by atoms with Crippen LogP contribution in [0.15, 0.2) is 23.6 Å². The van der Waals surface area contributed by atoms with Gasteiger partial charge in [-0.3, -0.25) is 4.79 Å². The van der Waals surface area contributed by atoms with Crippen LogP contribution >= 0.6 is 34.5 Å². The Morgan fingerprint density at radius 3 is 2.42 bits per heavy atom. The summed E-state index contributed by atoms with van der Waals surface area (Å²) in [7, 11) is 1.57. The molecule has 0 saturated heterocycles. The van der Waals surface area contributed by atoms with Crippen LogP contribution in [0.4, 0.5) is 10.5 Å². The summed E-state index contributed by atoms with van der Waals surface area (Å²) < 4.78 is 5.14. The minimum atomic E-state index is -0.322. The van der Waals surface area contributed by atoms with Crippen molar-refractivity contribution in [3.63, 3.8) is 0 Å². The molecule has 1 heterocycles. The molecule has 1 aromatic heterocycles. The molecule has 0 unspecified atom stereocenters. The summed E-state index contributed by atoms with van der Waals surface area (Å²) in [4.78, 5) is 33.5. The van der Waals surface area contributed by atoms with E-state index in [0.717, 1.165) is 12.8 Å². The Morgan fingerprint density at radius 2 is 1.81 bits per heavy atom. The average molecular weight is 487 g/mol. The maximum atomic E-state index is 12.8. The van der Waals surface area contributed by atoms with E-state index >= 15 is 0 Å². The van der Waals surface area contributed by atoms with E-state index in [4.69, 9.17) is 27.9 Å². The first-order valence-corrected chi connectivity index (χ1v) is 11.8. The predicted molar refractivity (Wildman–Crippen MR) is 126 cm³/mol. The normalized spacial score (nSPS) is 10.7. The molecule has 1 N–H and O–H groups in total. The summed E-state index contributed by atoms with van der Waals surface area (Å²) >= 11 is 13.3. The standard InChI is InChI=1S/C21H28Cl2N4O3S/c1-4-8-26(9-5-2)20(28)18-14-31-19(25-18)13-27(10-11-30-3)21(29)24-15-6-7-16(22)17(23)12-15/h6-7,12,14H,4-5,8-11,13H2,1-3H3,(H,24,29). The molecule has 31 heavy (non-hydrogen) atoms. The van der Waals surface area contributed by atoms with Crippen LogP contribution in [0.2, 0.25) is 10.0 Å². The first kappa shape index (κ1) is 25.4. The number of nitrogens with zero attached hydrogens (tertiary/aromatic N) is 3. The molecular weight excluding hydrogens is 459 g/mol. The Bertz CT molecular complexity index is 872. The fraction of sp³-hybridized carbons (Fsp3) is 0.476. The number of ether oxygens (including phenoxy) is 1. The van der Waals surface area contributed by atoms with Gasteiger partial charge in [-0.15, -0.1) is 11.3 Å². The van der Waals surface area contributed by atoms with Gasteiger partial charge in [0.25, 0.3) is 5.91 Å². The lowest BCUT2D eigenvalue weighted by Gasteiger charge is -2.22. The van der Waals surface area contributed by atoms with Crippen LogP contribution in [-0.4, -0.2) is 60.1 Å². The number of hydrogen-bond acceptors (Lipinski definition) is 5. The van der Waals surface area contributed by atoms with Crippen molar-refractivity contribution < 1.29 is 14.3 Å². The summed E-state index contributed by atoms with van der Waals surface area (Å²) in [6.07, 6.45) is 1.78. The molecule has 10 heteroatoms. The van der Waals surface area contributed by atoms with Crippen molar-refractivity contribution in [3.8, 4) is 0 Å². The van der Waals surface area contributed by atoms with Crippen molar-refractivity contribution in [2.75, 3.05) is 38.7 Å². The third-order valence-corrected chi connectivity index (χ3v) is 5.97. The number of urea groups is 1. The van der Waals surface area contributed by atoms with Gasteiger partial charge < -0.3 is 19.9 Å². The lowest BCUT2D eigenvalue weighted by molar-refractivity contribution is 0.0750. The van der Waals surface area contributed by atoms with Crippen molar-refractivity contribution in [1.82, 2.24) is 14.8 Å². The second-order valence-corrected chi connectivity index (χ2v) is 8.65. The van der Waals surface area contributed by atoms with E-state index in [1.165, 1.54) is 11.3 Å². The zero-order valence-corrected chi connectivity index (χ0v) is 20.3. The molecule has 0 fully saturated rings. The molecule has 0 saturated carbocycles. The number of nitrogens with one attached hydrogen (secondary N) is 1. The molecule has 2 rings (SSSR count). The van der Waals surface area contributed by atoms with Crippen molar-refractivity contribution in [3.05, 3.63) is 44.3 Å². The fourth-order valence-corrected chi connectivity index (χ4v) is 3.97. The average Bonchev–Trinajstić information content (AvgIpc) is 3.21. The molecule has 170 valence electrons. The first-order valence-electron chi connectivity index (χ1n) is 10.1. The van der Waals surface area contributed by atoms with Crippen LogP contribution in [-0.2, 0) is 11.3 Å². The van der Waals surface area contributed by atoms with Gasteiger partial charge in [0.2, 0.25) is 0 Å². The highest BCUT2D eigenvalue weighted by atomic mass is 35.5. The third kappa shape index (κ3) is 7.64. The van der Waals surface area contributed by atoms with E-state index in [-0.39, 0.29) is 18.5 Å². The van der Waals surface area contributed by atoms with E-state index in [2.05, 4.69) is 10.3 Å². The lowest BCUT2D eigenvalue weighted by atomic mass is 10.3. The third-order valence-electron chi connectivity index (χ3n) is 4.39. The quantitative estimate of drug-likeness (QED) is 0.461. The number of anilines is 1. The van der Waals surface area contributed by atoms with Gasteiger partial charge in [-0.2, -0.15) is 0 Å². The summed E-state index contributed by atoms with van der Waals surface area (Å²) in [6.45, 7) is 6.48. The Morgan fingerprint density at radius 1 is 1.10 bits per heavy atom. The van der Waals surface area contributed by atoms with E-state index < -0.39 is 0 Å². The van der Waals surface area contributed by atoms with Gasteiger partial charge in [-0.25, -0.2) is 9.78 Å². The molecule has 2 aromatic rings. The highest BCUT2D eigenvalue weighted by molar-refractivity contribution is 7.09. The zero-order chi connectivity index (χ0) is 22.8. The summed E-state index contributed by atoms with van der Waals surface area (Å²) in [5, 5.41) is 6.01. The molecule has 0 aliphatic carbocycles. The van der Waals surface area contributed by atoms with Gasteiger partial charge in [0.1, 0.15) is 10.7 Å². The van der Waals surface area contributed by atoms with E-state index in [9.17, 15) is 9.59 Å². The summed E-state index contributed by atoms with van der Waals surface area (Å²) in [5.74, 6) is -0.0742. The minimum absolute atomic E-state index is 0.0742. The molecule has 7 nitrogen and oxygen atoms in total. The Balaban J connectivity index is 2.10. The second-order valence-electron chi connectivity index (χ2n) is 6.89. The number of carbonyl (C=O) groups is 2. The smallest absolute Gasteiger partial charge is 0.322 e. The van der Waals surface area contributed by atoms with Crippen molar-refractivity contribution >= 4 is 52.2 Å². The number of halogens is 2. The number of methoxy groups -OCH3 is 1. The zero-order valence-electron chi connectivity index (χ0n) is 18.0. The highest BCUT2D eigenvalue weighted by Gasteiger charge is 2.20. The molecule has 0 spiro atoms. The van der Waals surface area contributed by atoms with E-state index in [1.54, 1.807) is 35.6 Å². The summed E-state index contributed by atoms with van der Waals surface area (Å²) in [5.41, 5.74) is 0.949. The lowest BCUT2D eigenvalue weighted by Crippen LogP contribution is -2.37. The Labute approximate surface area is 197 Å². The number of benzene rings is 1. The number of hydrogen-bond donors (Lipinski definition) is 1. The number of aromatic nitrogens is 1. The second kappa shape index (κ2) is 12.9. The van der Waals surface area contributed by atoms with Crippen LogP contribution in [0.25, 0.3) is 0 Å². The molecule has 1 aromatic carbocycles. The number of rotatable bonds is 11.